The van der Waals surface area contributed by atoms with Gasteiger partial charge in [0, 0.05) is 0 Å². The first-order valence-electron chi connectivity index (χ1n) is 5.43. The Morgan fingerprint density at radius 3 is 2.69 bits per heavy atom. The quantitative estimate of drug-likeness (QED) is 0.604. The summed E-state index contributed by atoms with van der Waals surface area (Å²) >= 11 is 0. The number of carbonyl (C=O) groups is 1. The van der Waals surface area contributed by atoms with Crippen LogP contribution in [0.15, 0.2) is 30.3 Å². The molecule has 0 bridgehead atoms. The smallest absolute Gasteiger partial charge is 0.338 e. The fourth-order valence-corrected chi connectivity index (χ4v) is 2.21. The maximum absolute atomic E-state index is 10.8. The molecule has 0 radical (unpaired) electrons. The lowest BCUT2D eigenvalue weighted by Gasteiger charge is -2.20. The van der Waals surface area contributed by atoms with Crippen molar-refractivity contribution in [3.63, 3.8) is 0 Å². The summed E-state index contributed by atoms with van der Waals surface area (Å²) in [6.07, 6.45) is 0.996. The Balaban J connectivity index is 1.99. The molecule has 0 aromatic heterocycles. The minimum absolute atomic E-state index is 0.220. The third kappa shape index (κ3) is 2.02. The van der Waals surface area contributed by atoms with E-state index in [1.807, 2.05) is 25.1 Å². The minimum Gasteiger partial charge on any atom is -0.350 e. The summed E-state index contributed by atoms with van der Waals surface area (Å²) in [4.78, 5) is 10.8. The Kier molecular flexibility index (Phi) is 2.83. The number of nitrogens with zero attached hydrogens (tertiary/aromatic N) is 1. The highest BCUT2D eigenvalue weighted by molar-refractivity contribution is 5.71. The second kappa shape index (κ2) is 4.14. The molecular weight excluding hydrogens is 204 g/mol. The SMILES string of the molecule is C[C@@H](C1C[C@@H]1c1ccccc1)N(O)C(N)=O. The maximum atomic E-state index is 10.8. The van der Waals surface area contributed by atoms with Crippen LogP contribution >= 0.6 is 0 Å². The highest BCUT2D eigenvalue weighted by Gasteiger charge is 2.44. The Hall–Kier alpha value is -1.55. The molecule has 4 nitrogen and oxygen atoms in total. The van der Waals surface area contributed by atoms with E-state index in [0.29, 0.717) is 16.9 Å². The Labute approximate surface area is 94.6 Å². The summed E-state index contributed by atoms with van der Waals surface area (Å²) in [7, 11) is 0. The maximum Gasteiger partial charge on any atom is 0.338 e. The van der Waals surface area contributed by atoms with Gasteiger partial charge in [0.25, 0.3) is 0 Å². The van der Waals surface area contributed by atoms with E-state index in [9.17, 15) is 10.0 Å². The Bertz CT molecular complexity index is 380. The first-order valence-corrected chi connectivity index (χ1v) is 5.43. The zero-order valence-corrected chi connectivity index (χ0v) is 9.21. The lowest BCUT2D eigenvalue weighted by molar-refractivity contribution is -0.0760. The molecule has 1 aliphatic rings. The lowest BCUT2D eigenvalue weighted by Crippen LogP contribution is -2.40. The molecule has 16 heavy (non-hydrogen) atoms. The van der Waals surface area contributed by atoms with Crippen LogP contribution < -0.4 is 5.73 Å². The van der Waals surface area contributed by atoms with Crippen molar-refractivity contribution in [2.45, 2.75) is 25.3 Å². The molecule has 2 rings (SSSR count). The molecule has 0 spiro atoms. The number of benzene rings is 1. The molecule has 3 N–H and O–H groups in total. The number of amides is 2. The van der Waals surface area contributed by atoms with Crippen molar-refractivity contribution < 1.29 is 10.0 Å². The number of primary amides is 1. The molecule has 1 fully saturated rings. The number of carbonyl (C=O) groups excluding carboxylic acids is 1. The van der Waals surface area contributed by atoms with Crippen LogP contribution in [-0.4, -0.2) is 22.3 Å². The number of hydroxylamine groups is 2. The van der Waals surface area contributed by atoms with Crippen LogP contribution in [0.2, 0.25) is 0 Å². The van der Waals surface area contributed by atoms with Crippen LogP contribution in [0.25, 0.3) is 0 Å². The van der Waals surface area contributed by atoms with Crippen molar-refractivity contribution >= 4 is 6.03 Å². The molecule has 1 unspecified atom stereocenters. The van der Waals surface area contributed by atoms with Crippen molar-refractivity contribution in [2.24, 2.45) is 11.7 Å². The highest BCUT2D eigenvalue weighted by atomic mass is 16.5. The van der Waals surface area contributed by atoms with Gasteiger partial charge in [-0.1, -0.05) is 30.3 Å². The van der Waals surface area contributed by atoms with Gasteiger partial charge in [-0.3, -0.25) is 5.21 Å². The average molecular weight is 220 g/mol. The van der Waals surface area contributed by atoms with E-state index in [1.165, 1.54) is 5.56 Å². The van der Waals surface area contributed by atoms with Gasteiger partial charge in [0.05, 0.1) is 6.04 Å². The molecule has 0 heterocycles. The average Bonchev–Trinajstić information content (AvgIpc) is 3.08. The van der Waals surface area contributed by atoms with E-state index in [-0.39, 0.29) is 6.04 Å². The van der Waals surface area contributed by atoms with Gasteiger partial charge in [0.2, 0.25) is 0 Å². The monoisotopic (exact) mass is 220 g/mol. The molecule has 86 valence electrons. The standard InChI is InChI=1S/C12H16N2O2/c1-8(14(16)12(13)15)10-7-11(10)9-5-3-2-4-6-9/h2-6,8,10-11,16H,7H2,1H3,(H2,13,15)/t8-,10?,11+/m0/s1. The zero-order chi connectivity index (χ0) is 11.7. The van der Waals surface area contributed by atoms with E-state index in [1.54, 1.807) is 0 Å². The van der Waals surface area contributed by atoms with Crippen LogP contribution in [0.4, 0.5) is 4.79 Å². The summed E-state index contributed by atoms with van der Waals surface area (Å²) in [6.45, 7) is 1.82. The fourth-order valence-electron chi connectivity index (χ4n) is 2.21. The van der Waals surface area contributed by atoms with Crippen LogP contribution in [0.5, 0.6) is 0 Å². The van der Waals surface area contributed by atoms with Gasteiger partial charge in [-0.05, 0) is 30.7 Å². The predicted octanol–water partition coefficient (Wildman–Crippen LogP) is 1.95. The van der Waals surface area contributed by atoms with Gasteiger partial charge in [-0.15, -0.1) is 0 Å². The molecule has 4 heteroatoms. The number of hydrogen-bond acceptors (Lipinski definition) is 2. The van der Waals surface area contributed by atoms with Gasteiger partial charge in [-0.25, -0.2) is 9.86 Å². The third-order valence-corrected chi connectivity index (χ3v) is 3.30. The predicted molar refractivity (Wildman–Crippen MR) is 60.0 cm³/mol. The summed E-state index contributed by atoms with van der Waals surface area (Å²) in [6, 6.07) is 9.12. The van der Waals surface area contributed by atoms with E-state index in [0.717, 1.165) is 6.42 Å². The van der Waals surface area contributed by atoms with E-state index >= 15 is 0 Å². The topological polar surface area (TPSA) is 66.6 Å². The van der Waals surface area contributed by atoms with Crippen LogP contribution in [-0.2, 0) is 0 Å². The molecule has 2 amide bonds. The van der Waals surface area contributed by atoms with Crippen molar-refractivity contribution in [3.8, 4) is 0 Å². The van der Waals surface area contributed by atoms with E-state index in [4.69, 9.17) is 5.73 Å². The van der Waals surface area contributed by atoms with Gasteiger partial charge >= 0.3 is 6.03 Å². The molecule has 1 saturated carbocycles. The van der Waals surface area contributed by atoms with E-state index in [2.05, 4.69) is 12.1 Å². The normalized spacial score (nSPS) is 24.9. The van der Waals surface area contributed by atoms with Crippen LogP contribution in [0.3, 0.4) is 0 Å². The first-order chi connectivity index (χ1) is 7.61. The van der Waals surface area contributed by atoms with Gasteiger partial charge < -0.3 is 5.73 Å². The number of urea groups is 1. The van der Waals surface area contributed by atoms with Crippen LogP contribution in [0.1, 0.15) is 24.8 Å². The van der Waals surface area contributed by atoms with Crippen molar-refractivity contribution in [1.29, 1.82) is 0 Å². The Morgan fingerprint density at radius 1 is 1.50 bits per heavy atom. The number of rotatable bonds is 3. The largest absolute Gasteiger partial charge is 0.350 e. The summed E-state index contributed by atoms with van der Waals surface area (Å²) < 4.78 is 0. The first kappa shape index (κ1) is 11.0. The molecule has 1 aliphatic carbocycles. The molecule has 0 aliphatic heterocycles. The van der Waals surface area contributed by atoms with E-state index < -0.39 is 6.03 Å². The molecule has 0 saturated heterocycles. The zero-order valence-electron chi connectivity index (χ0n) is 9.21. The number of nitrogens with two attached hydrogens (primary N) is 1. The molecular formula is C12H16N2O2. The molecule has 1 aromatic carbocycles. The Morgan fingerprint density at radius 2 is 2.12 bits per heavy atom. The molecule has 3 atom stereocenters. The van der Waals surface area contributed by atoms with Gasteiger partial charge in [0.15, 0.2) is 0 Å². The lowest BCUT2D eigenvalue weighted by atomic mass is 10.1. The van der Waals surface area contributed by atoms with Gasteiger partial charge in [0.1, 0.15) is 0 Å². The number of hydrogen-bond donors (Lipinski definition) is 2. The second-order valence-corrected chi connectivity index (χ2v) is 4.34. The third-order valence-electron chi connectivity index (χ3n) is 3.30. The van der Waals surface area contributed by atoms with Crippen molar-refractivity contribution in [3.05, 3.63) is 35.9 Å². The summed E-state index contributed by atoms with van der Waals surface area (Å²) in [5, 5.41) is 10.1. The minimum atomic E-state index is -0.786. The van der Waals surface area contributed by atoms with Crippen molar-refractivity contribution in [1.82, 2.24) is 5.06 Å². The van der Waals surface area contributed by atoms with Gasteiger partial charge in [-0.2, -0.15) is 0 Å². The summed E-state index contributed by atoms with van der Waals surface area (Å²) in [5.41, 5.74) is 6.28. The highest BCUT2D eigenvalue weighted by Crippen LogP contribution is 2.50. The van der Waals surface area contributed by atoms with Crippen molar-refractivity contribution in [2.75, 3.05) is 0 Å². The summed E-state index contributed by atoms with van der Waals surface area (Å²) in [5.74, 6) is 0.741. The van der Waals surface area contributed by atoms with Crippen LogP contribution in [0, 0.1) is 5.92 Å². The second-order valence-electron chi connectivity index (χ2n) is 4.34. The fraction of sp³-hybridized carbons (Fsp3) is 0.417. The molecule has 1 aromatic rings.